The molecule has 0 radical (unpaired) electrons. The van der Waals surface area contributed by atoms with Crippen LogP contribution in [-0.2, 0) is 5.41 Å². The number of amides is 1. The Hall–Kier alpha value is -1.35. The Labute approximate surface area is 121 Å². The molecule has 0 heterocycles. The highest BCUT2D eigenvalue weighted by Gasteiger charge is 2.26. The second-order valence-electron chi connectivity index (χ2n) is 6.82. The van der Waals surface area contributed by atoms with Crippen LogP contribution in [0.15, 0.2) is 24.3 Å². The lowest BCUT2D eigenvalue weighted by atomic mass is 9.83. The molecule has 2 unspecified atom stereocenters. The Morgan fingerprint density at radius 3 is 2.50 bits per heavy atom. The lowest BCUT2D eigenvalue weighted by Gasteiger charge is -2.30. The van der Waals surface area contributed by atoms with Gasteiger partial charge < -0.3 is 11.1 Å². The molecule has 1 saturated carbocycles. The van der Waals surface area contributed by atoms with Crippen molar-refractivity contribution in [1.82, 2.24) is 5.32 Å². The molecule has 2 atom stereocenters. The van der Waals surface area contributed by atoms with Gasteiger partial charge >= 0.3 is 0 Å². The molecular weight excluding hydrogens is 248 g/mol. The zero-order chi connectivity index (χ0) is 14.8. The zero-order valence-electron chi connectivity index (χ0n) is 12.8. The van der Waals surface area contributed by atoms with Crippen LogP contribution in [0.4, 0.5) is 0 Å². The minimum Gasteiger partial charge on any atom is -0.348 e. The molecule has 1 aromatic carbocycles. The third-order valence-corrected chi connectivity index (χ3v) is 4.12. The van der Waals surface area contributed by atoms with Crippen LogP contribution < -0.4 is 11.1 Å². The summed E-state index contributed by atoms with van der Waals surface area (Å²) in [7, 11) is 0. The van der Waals surface area contributed by atoms with Gasteiger partial charge in [0.1, 0.15) is 0 Å². The molecule has 1 aliphatic carbocycles. The third-order valence-electron chi connectivity index (χ3n) is 4.12. The Morgan fingerprint density at radius 1 is 1.20 bits per heavy atom. The van der Waals surface area contributed by atoms with Gasteiger partial charge in [0.2, 0.25) is 0 Å². The number of carbonyl (C=O) groups excluding carboxylic acids is 1. The van der Waals surface area contributed by atoms with Crippen molar-refractivity contribution in [2.24, 2.45) is 5.73 Å². The topological polar surface area (TPSA) is 55.1 Å². The molecule has 0 bridgehead atoms. The summed E-state index contributed by atoms with van der Waals surface area (Å²) < 4.78 is 0. The first-order chi connectivity index (χ1) is 9.39. The number of benzene rings is 1. The summed E-state index contributed by atoms with van der Waals surface area (Å²) in [5, 5.41) is 3.13. The first kappa shape index (κ1) is 15.0. The van der Waals surface area contributed by atoms with E-state index >= 15 is 0 Å². The minimum absolute atomic E-state index is 0.0119. The summed E-state index contributed by atoms with van der Waals surface area (Å²) in [6, 6.07) is 8.06. The predicted molar refractivity (Wildman–Crippen MR) is 82.8 cm³/mol. The third kappa shape index (κ3) is 3.40. The lowest BCUT2D eigenvalue weighted by molar-refractivity contribution is 0.0919. The van der Waals surface area contributed by atoms with Crippen molar-refractivity contribution in [3.8, 4) is 0 Å². The van der Waals surface area contributed by atoms with E-state index in [1.54, 1.807) is 0 Å². The van der Waals surface area contributed by atoms with Crippen LogP contribution in [0.1, 0.15) is 62.4 Å². The van der Waals surface area contributed by atoms with Crippen LogP contribution >= 0.6 is 0 Å². The molecule has 0 saturated heterocycles. The van der Waals surface area contributed by atoms with Crippen molar-refractivity contribution in [1.29, 1.82) is 0 Å². The van der Waals surface area contributed by atoms with Crippen LogP contribution in [0.25, 0.3) is 0 Å². The highest BCUT2D eigenvalue weighted by Crippen LogP contribution is 2.26. The highest BCUT2D eigenvalue weighted by atomic mass is 16.1. The number of rotatable bonds is 2. The van der Waals surface area contributed by atoms with Crippen LogP contribution in [0.3, 0.4) is 0 Å². The number of hydrogen-bond donors (Lipinski definition) is 2. The van der Waals surface area contributed by atoms with E-state index in [9.17, 15) is 4.79 Å². The summed E-state index contributed by atoms with van der Waals surface area (Å²) in [6.07, 6.45) is 4.32. The SMILES string of the molecule is CC(C)(C)c1ccccc1C(=O)NC1CCCCC1N. The number of hydrogen-bond acceptors (Lipinski definition) is 2. The fourth-order valence-corrected chi connectivity index (χ4v) is 2.92. The van der Waals surface area contributed by atoms with E-state index in [2.05, 4.69) is 26.1 Å². The smallest absolute Gasteiger partial charge is 0.251 e. The molecule has 2 rings (SSSR count). The Kier molecular flexibility index (Phi) is 4.48. The molecule has 1 fully saturated rings. The standard InChI is InChI=1S/C17H26N2O/c1-17(2,3)13-9-5-4-8-12(13)16(20)19-15-11-7-6-10-14(15)18/h4-5,8-9,14-15H,6-7,10-11,18H2,1-3H3,(H,19,20). The number of nitrogens with two attached hydrogens (primary N) is 1. The van der Waals surface area contributed by atoms with E-state index in [0.717, 1.165) is 30.4 Å². The Balaban J connectivity index is 2.17. The lowest BCUT2D eigenvalue weighted by Crippen LogP contribution is -2.49. The maximum Gasteiger partial charge on any atom is 0.251 e. The van der Waals surface area contributed by atoms with Gasteiger partial charge in [-0.15, -0.1) is 0 Å². The second kappa shape index (κ2) is 5.96. The highest BCUT2D eigenvalue weighted by molar-refractivity contribution is 5.96. The largest absolute Gasteiger partial charge is 0.348 e. The number of carbonyl (C=O) groups is 1. The van der Waals surface area contributed by atoms with Crippen molar-refractivity contribution in [2.75, 3.05) is 0 Å². The van der Waals surface area contributed by atoms with E-state index in [0.29, 0.717) is 0 Å². The zero-order valence-corrected chi connectivity index (χ0v) is 12.8. The quantitative estimate of drug-likeness (QED) is 0.871. The van der Waals surface area contributed by atoms with Gasteiger partial charge in [0, 0.05) is 17.6 Å². The maximum absolute atomic E-state index is 12.6. The molecule has 110 valence electrons. The van der Waals surface area contributed by atoms with E-state index < -0.39 is 0 Å². The van der Waals surface area contributed by atoms with Crippen LogP contribution in [0.5, 0.6) is 0 Å². The van der Waals surface area contributed by atoms with E-state index in [1.807, 2.05) is 24.3 Å². The average molecular weight is 274 g/mol. The second-order valence-corrected chi connectivity index (χ2v) is 6.82. The first-order valence-corrected chi connectivity index (χ1v) is 7.55. The maximum atomic E-state index is 12.6. The van der Waals surface area contributed by atoms with E-state index in [1.165, 1.54) is 6.42 Å². The molecule has 3 heteroatoms. The van der Waals surface area contributed by atoms with Gasteiger partial charge in [-0.3, -0.25) is 4.79 Å². The molecule has 1 aliphatic rings. The van der Waals surface area contributed by atoms with Crippen molar-refractivity contribution in [2.45, 2.75) is 64.0 Å². The van der Waals surface area contributed by atoms with Crippen molar-refractivity contribution in [3.05, 3.63) is 35.4 Å². The summed E-state index contributed by atoms with van der Waals surface area (Å²) in [5.41, 5.74) is 7.94. The van der Waals surface area contributed by atoms with Crippen LogP contribution in [0.2, 0.25) is 0 Å². The summed E-state index contributed by atoms with van der Waals surface area (Å²) in [6.45, 7) is 6.39. The van der Waals surface area contributed by atoms with Gasteiger partial charge in [-0.05, 0) is 29.9 Å². The van der Waals surface area contributed by atoms with Gasteiger partial charge in [0.15, 0.2) is 0 Å². The Morgan fingerprint density at radius 2 is 1.85 bits per heavy atom. The molecule has 0 aliphatic heterocycles. The molecule has 1 amide bonds. The van der Waals surface area contributed by atoms with Gasteiger partial charge in [0.05, 0.1) is 0 Å². The van der Waals surface area contributed by atoms with E-state index in [-0.39, 0.29) is 23.4 Å². The van der Waals surface area contributed by atoms with Crippen molar-refractivity contribution >= 4 is 5.91 Å². The first-order valence-electron chi connectivity index (χ1n) is 7.55. The van der Waals surface area contributed by atoms with Crippen LogP contribution in [0, 0.1) is 0 Å². The van der Waals surface area contributed by atoms with Crippen LogP contribution in [-0.4, -0.2) is 18.0 Å². The molecule has 0 spiro atoms. The summed E-state index contributed by atoms with van der Waals surface area (Å²) in [5.74, 6) is 0.0119. The summed E-state index contributed by atoms with van der Waals surface area (Å²) in [4.78, 5) is 12.6. The fraction of sp³-hybridized carbons (Fsp3) is 0.588. The van der Waals surface area contributed by atoms with Gasteiger partial charge in [0.25, 0.3) is 5.91 Å². The molecule has 3 nitrogen and oxygen atoms in total. The molecule has 1 aromatic rings. The summed E-state index contributed by atoms with van der Waals surface area (Å²) >= 11 is 0. The normalized spacial score (nSPS) is 23.4. The van der Waals surface area contributed by atoms with Crippen molar-refractivity contribution < 1.29 is 4.79 Å². The monoisotopic (exact) mass is 274 g/mol. The predicted octanol–water partition coefficient (Wildman–Crippen LogP) is 2.98. The molecule has 3 N–H and O–H groups in total. The van der Waals surface area contributed by atoms with Gasteiger partial charge in [-0.25, -0.2) is 0 Å². The van der Waals surface area contributed by atoms with E-state index in [4.69, 9.17) is 5.73 Å². The fourth-order valence-electron chi connectivity index (χ4n) is 2.92. The van der Waals surface area contributed by atoms with Gasteiger partial charge in [-0.1, -0.05) is 51.8 Å². The average Bonchev–Trinajstić information content (AvgIpc) is 2.40. The molecular formula is C17H26N2O. The Bertz CT molecular complexity index is 476. The number of nitrogens with one attached hydrogen (secondary N) is 1. The molecule has 0 aromatic heterocycles. The van der Waals surface area contributed by atoms with Gasteiger partial charge in [-0.2, -0.15) is 0 Å². The molecule has 20 heavy (non-hydrogen) atoms. The van der Waals surface area contributed by atoms with Crippen molar-refractivity contribution in [3.63, 3.8) is 0 Å². The minimum atomic E-state index is -0.0391.